The van der Waals surface area contributed by atoms with Crippen molar-refractivity contribution >= 4 is 40.7 Å². The van der Waals surface area contributed by atoms with Gasteiger partial charge in [-0.2, -0.15) is 8.78 Å². The van der Waals surface area contributed by atoms with Crippen LogP contribution in [0.25, 0.3) is 11.3 Å². The Hall–Kier alpha value is -4.58. The summed E-state index contributed by atoms with van der Waals surface area (Å²) in [6.07, 6.45) is 3.75. The van der Waals surface area contributed by atoms with E-state index in [-0.39, 0.29) is 17.5 Å². The van der Waals surface area contributed by atoms with Crippen LogP contribution in [0.5, 0.6) is 5.75 Å². The van der Waals surface area contributed by atoms with Crippen LogP contribution >= 0.6 is 0 Å². The van der Waals surface area contributed by atoms with Crippen LogP contribution in [-0.4, -0.2) is 73.4 Å². The molecule has 4 rings (SSSR count). The van der Waals surface area contributed by atoms with Crippen LogP contribution in [0.2, 0.25) is 0 Å². The number of rotatable bonds is 10. The Balaban J connectivity index is 1.74. The third kappa shape index (κ3) is 6.52. The van der Waals surface area contributed by atoms with Gasteiger partial charge in [-0.25, -0.2) is 9.97 Å². The minimum atomic E-state index is -3.07. The predicted octanol–water partition coefficient (Wildman–Crippen LogP) is 4.79. The number of likely N-dealkylation sites (N-methyl/N-ethyl adjacent to an activating group) is 1. The molecule has 2 heterocycles. The van der Waals surface area contributed by atoms with Crippen LogP contribution in [0, 0.1) is 5.41 Å². The van der Waals surface area contributed by atoms with E-state index in [2.05, 4.69) is 44.3 Å². The van der Waals surface area contributed by atoms with Crippen LogP contribution in [0.4, 0.5) is 37.3 Å². The summed E-state index contributed by atoms with van der Waals surface area (Å²) in [5, 5.41) is 16.5. The number of alkyl halides is 2. The second-order valence-electron chi connectivity index (χ2n) is 9.32. The van der Waals surface area contributed by atoms with Gasteiger partial charge in [0, 0.05) is 67.9 Å². The smallest absolute Gasteiger partial charge is 0.387 e. The highest BCUT2D eigenvalue weighted by molar-refractivity contribution is 6.02. The first-order valence-corrected chi connectivity index (χ1v) is 12.7. The van der Waals surface area contributed by atoms with Gasteiger partial charge in [-0.3, -0.25) is 4.79 Å². The first kappa shape index (κ1) is 28.4. The Kier molecular flexibility index (Phi) is 8.90. The molecule has 1 aliphatic rings. The number of benzene rings is 2. The van der Waals surface area contributed by atoms with E-state index >= 15 is 0 Å². The fraction of sp³-hybridized carbons (Fsp3) is 0.286. The summed E-state index contributed by atoms with van der Waals surface area (Å²) >= 11 is 0. The summed E-state index contributed by atoms with van der Waals surface area (Å²) in [5.74, 6) is -0.204. The molecule has 0 saturated carbocycles. The largest absolute Gasteiger partial charge is 0.433 e. The molecule has 1 atom stereocenters. The van der Waals surface area contributed by atoms with Gasteiger partial charge in [-0.15, -0.1) is 0 Å². The molecule has 1 fully saturated rings. The first-order chi connectivity index (χ1) is 19.2. The van der Waals surface area contributed by atoms with Crippen LogP contribution in [0.1, 0.15) is 12.5 Å². The van der Waals surface area contributed by atoms with Crippen molar-refractivity contribution in [2.75, 3.05) is 54.6 Å². The number of amides is 1. The van der Waals surface area contributed by atoms with Crippen LogP contribution in [0.15, 0.2) is 55.4 Å². The monoisotopic (exact) mass is 550 g/mol. The molecular formula is C28H32F2N8O2. The maximum atomic E-state index is 13.5. The fourth-order valence-corrected chi connectivity index (χ4v) is 4.45. The number of nitrogens with one attached hydrogen (secondary N) is 4. The molecule has 40 heavy (non-hydrogen) atoms. The number of anilines is 5. The maximum Gasteiger partial charge on any atom is 0.387 e. The summed E-state index contributed by atoms with van der Waals surface area (Å²) < 4.78 is 31.9. The Morgan fingerprint density at radius 1 is 1.18 bits per heavy atom. The lowest BCUT2D eigenvalue weighted by Crippen LogP contribution is -2.50. The third-order valence-corrected chi connectivity index (χ3v) is 6.76. The predicted molar refractivity (Wildman–Crippen MR) is 154 cm³/mol. The van der Waals surface area contributed by atoms with Crippen molar-refractivity contribution in [2.45, 2.75) is 19.6 Å². The molecule has 0 spiro atoms. The molecule has 0 radical (unpaired) electrons. The molecule has 1 amide bonds. The van der Waals surface area contributed by atoms with Gasteiger partial charge in [0.25, 0.3) is 0 Å². The molecule has 0 aliphatic carbocycles. The molecule has 10 nitrogen and oxygen atoms in total. The van der Waals surface area contributed by atoms with Crippen molar-refractivity contribution in [3.8, 4) is 17.0 Å². The molecule has 0 bridgehead atoms. The van der Waals surface area contributed by atoms with E-state index in [9.17, 15) is 13.6 Å². The number of aromatic nitrogens is 2. The molecule has 3 aromatic rings. The van der Waals surface area contributed by atoms with E-state index in [4.69, 9.17) is 10.1 Å². The Morgan fingerprint density at radius 3 is 2.65 bits per heavy atom. The number of hydrogen-bond acceptors (Lipinski definition) is 9. The third-order valence-electron chi connectivity index (χ3n) is 6.76. The van der Waals surface area contributed by atoms with E-state index < -0.39 is 12.5 Å². The number of nitrogens with zero attached hydrogens (tertiary/aromatic N) is 4. The Morgan fingerprint density at radius 2 is 1.98 bits per heavy atom. The zero-order chi connectivity index (χ0) is 28.8. The van der Waals surface area contributed by atoms with Gasteiger partial charge in [0.15, 0.2) is 5.75 Å². The second kappa shape index (κ2) is 12.5. The van der Waals surface area contributed by atoms with E-state index in [0.29, 0.717) is 36.0 Å². The molecule has 210 valence electrons. The number of piperazine rings is 1. The summed E-state index contributed by atoms with van der Waals surface area (Å²) in [5.41, 5.74) is 3.98. The zero-order valence-corrected chi connectivity index (χ0v) is 22.5. The van der Waals surface area contributed by atoms with Crippen molar-refractivity contribution < 1.29 is 18.3 Å². The normalized spacial score (nSPS) is 15.4. The highest BCUT2D eigenvalue weighted by atomic mass is 19.3. The minimum absolute atomic E-state index is 0.0962. The van der Waals surface area contributed by atoms with Crippen molar-refractivity contribution in [1.29, 1.82) is 5.41 Å². The standard InChI is InChI=1S/C28H32F2N8O2/c1-5-27(39)36-22-11-23(25(40-28(29)30)13-24(22)38-9-8-37(4)17(2)15-38)35-26-12-21(33-16-34-26)18-6-7-19(14-31)20(10-18)32-3/h5-7,10-14,16-17,28,31-32H,1,8-9,15H2,2-4H3,(H,36,39)(H,33,34,35)/t17-/m0/s1. The maximum absolute atomic E-state index is 13.5. The number of halogens is 2. The fourth-order valence-electron chi connectivity index (χ4n) is 4.45. The van der Waals surface area contributed by atoms with E-state index in [1.54, 1.807) is 25.2 Å². The van der Waals surface area contributed by atoms with Gasteiger partial charge in [0.1, 0.15) is 12.1 Å². The highest BCUT2D eigenvalue weighted by Gasteiger charge is 2.25. The average Bonchev–Trinajstić information content (AvgIpc) is 2.95. The van der Waals surface area contributed by atoms with Crippen molar-refractivity contribution in [3.63, 3.8) is 0 Å². The number of carbonyl (C=O) groups is 1. The molecule has 12 heteroatoms. The van der Waals surface area contributed by atoms with E-state index in [1.807, 2.05) is 24.1 Å². The number of ether oxygens (including phenoxy) is 1. The molecule has 0 unspecified atom stereocenters. The van der Waals surface area contributed by atoms with Gasteiger partial charge in [-0.1, -0.05) is 18.7 Å². The topological polar surface area (TPSA) is 118 Å². The Labute approximate surface area is 231 Å². The van der Waals surface area contributed by atoms with Crippen LogP contribution < -0.4 is 25.6 Å². The summed E-state index contributed by atoms with van der Waals surface area (Å²) in [6.45, 7) is 4.57. The van der Waals surface area contributed by atoms with E-state index in [1.165, 1.54) is 18.6 Å². The molecule has 1 aliphatic heterocycles. The summed E-state index contributed by atoms with van der Waals surface area (Å²) in [7, 11) is 3.79. The SMILES string of the molecule is C=CC(=O)Nc1cc(Nc2cc(-c3ccc(C=N)c(NC)c3)ncn2)c(OC(F)F)cc1N1CCN(C)[C@@H](C)C1. The highest BCUT2D eigenvalue weighted by Crippen LogP contribution is 2.40. The second-order valence-corrected chi connectivity index (χ2v) is 9.32. The van der Waals surface area contributed by atoms with Crippen molar-refractivity contribution in [1.82, 2.24) is 14.9 Å². The van der Waals surface area contributed by atoms with E-state index in [0.717, 1.165) is 29.4 Å². The zero-order valence-electron chi connectivity index (χ0n) is 22.5. The average molecular weight is 551 g/mol. The van der Waals surface area contributed by atoms with Crippen LogP contribution in [0.3, 0.4) is 0 Å². The lowest BCUT2D eigenvalue weighted by Gasteiger charge is -2.40. The molecule has 1 aromatic heterocycles. The molecule has 1 saturated heterocycles. The van der Waals surface area contributed by atoms with Crippen molar-refractivity contribution in [2.24, 2.45) is 0 Å². The van der Waals surface area contributed by atoms with Crippen LogP contribution in [-0.2, 0) is 4.79 Å². The lowest BCUT2D eigenvalue weighted by molar-refractivity contribution is -0.111. The summed E-state index contributed by atoms with van der Waals surface area (Å²) in [4.78, 5) is 25.1. The molecule has 2 aromatic carbocycles. The lowest BCUT2D eigenvalue weighted by atomic mass is 10.1. The number of carbonyl (C=O) groups excluding carboxylic acids is 1. The first-order valence-electron chi connectivity index (χ1n) is 12.7. The van der Waals surface area contributed by atoms with Gasteiger partial charge in [0.2, 0.25) is 5.91 Å². The Bertz CT molecular complexity index is 1400. The quantitative estimate of drug-likeness (QED) is 0.210. The van der Waals surface area contributed by atoms with Gasteiger partial charge in [0.05, 0.1) is 22.8 Å². The van der Waals surface area contributed by atoms with Crippen molar-refractivity contribution in [3.05, 3.63) is 60.9 Å². The molecular weight excluding hydrogens is 518 g/mol. The summed E-state index contributed by atoms with van der Waals surface area (Å²) in [6, 6.07) is 10.4. The minimum Gasteiger partial charge on any atom is -0.433 e. The van der Waals surface area contributed by atoms with Gasteiger partial charge in [-0.05, 0) is 32.2 Å². The van der Waals surface area contributed by atoms with Gasteiger partial charge < -0.3 is 35.9 Å². The number of hydrogen-bond donors (Lipinski definition) is 4. The van der Waals surface area contributed by atoms with Gasteiger partial charge >= 0.3 is 6.61 Å². The molecule has 4 N–H and O–H groups in total.